The lowest BCUT2D eigenvalue weighted by atomic mass is 10.1. The molecule has 7 heteroatoms. The minimum atomic E-state index is -0.245. The molecule has 0 aliphatic heterocycles. The lowest BCUT2D eigenvalue weighted by molar-refractivity contribution is 0.102. The highest BCUT2D eigenvalue weighted by molar-refractivity contribution is 6.06. The number of ether oxygens (including phenoxy) is 1. The SMILES string of the molecule is COc1ccc2cc(C(=O)Nc3ccn(Cc4ccccn4)n3)c(C)nc2c1. The van der Waals surface area contributed by atoms with Gasteiger partial charge >= 0.3 is 0 Å². The number of amides is 1. The van der Waals surface area contributed by atoms with Crippen molar-refractivity contribution < 1.29 is 9.53 Å². The molecule has 4 rings (SSSR count). The van der Waals surface area contributed by atoms with Crippen molar-refractivity contribution in [2.75, 3.05) is 12.4 Å². The Bertz CT molecular complexity index is 1140. The van der Waals surface area contributed by atoms with Gasteiger partial charge in [-0.1, -0.05) is 6.07 Å². The molecule has 3 heterocycles. The highest BCUT2D eigenvalue weighted by Gasteiger charge is 2.14. The molecule has 4 aromatic rings. The summed E-state index contributed by atoms with van der Waals surface area (Å²) in [6.07, 6.45) is 3.55. The van der Waals surface area contributed by atoms with Crippen molar-refractivity contribution in [2.45, 2.75) is 13.5 Å². The van der Waals surface area contributed by atoms with Crippen LogP contribution in [0.4, 0.5) is 5.82 Å². The topological polar surface area (TPSA) is 81.9 Å². The second kappa shape index (κ2) is 7.48. The number of rotatable bonds is 5. The predicted octanol–water partition coefficient (Wildman–Crippen LogP) is 3.44. The molecule has 3 aromatic heterocycles. The van der Waals surface area contributed by atoms with Gasteiger partial charge in [-0.3, -0.25) is 19.4 Å². The van der Waals surface area contributed by atoms with Crippen LogP contribution in [-0.4, -0.2) is 32.8 Å². The van der Waals surface area contributed by atoms with Gasteiger partial charge in [-0.05, 0) is 37.3 Å². The van der Waals surface area contributed by atoms with Gasteiger partial charge in [-0.15, -0.1) is 0 Å². The maximum Gasteiger partial charge on any atom is 0.258 e. The van der Waals surface area contributed by atoms with Gasteiger partial charge in [0.25, 0.3) is 5.91 Å². The Morgan fingerprint density at radius 2 is 2.07 bits per heavy atom. The zero-order valence-corrected chi connectivity index (χ0v) is 15.6. The van der Waals surface area contributed by atoms with Gasteiger partial charge < -0.3 is 10.1 Å². The number of methoxy groups -OCH3 is 1. The Kier molecular flexibility index (Phi) is 4.72. The third-order valence-electron chi connectivity index (χ3n) is 4.39. The first kappa shape index (κ1) is 17.7. The summed E-state index contributed by atoms with van der Waals surface area (Å²) in [4.78, 5) is 21.5. The minimum absolute atomic E-state index is 0.245. The number of aromatic nitrogens is 4. The summed E-state index contributed by atoms with van der Waals surface area (Å²) < 4.78 is 6.96. The van der Waals surface area contributed by atoms with Crippen molar-refractivity contribution in [3.8, 4) is 5.75 Å². The van der Waals surface area contributed by atoms with Crippen LogP contribution in [0.15, 0.2) is 60.9 Å². The van der Waals surface area contributed by atoms with Crippen molar-refractivity contribution in [3.63, 3.8) is 0 Å². The monoisotopic (exact) mass is 373 g/mol. The molecule has 0 atom stereocenters. The van der Waals surface area contributed by atoms with Crippen LogP contribution in [0.5, 0.6) is 5.75 Å². The van der Waals surface area contributed by atoms with Crippen molar-refractivity contribution in [1.82, 2.24) is 19.7 Å². The first-order chi connectivity index (χ1) is 13.6. The number of nitrogens with one attached hydrogen (secondary N) is 1. The molecule has 1 amide bonds. The van der Waals surface area contributed by atoms with Crippen molar-refractivity contribution in [2.24, 2.45) is 0 Å². The van der Waals surface area contributed by atoms with Gasteiger partial charge in [0.05, 0.1) is 36.1 Å². The highest BCUT2D eigenvalue weighted by Crippen LogP contribution is 2.22. The smallest absolute Gasteiger partial charge is 0.258 e. The molecule has 140 valence electrons. The molecule has 0 bridgehead atoms. The molecule has 0 saturated heterocycles. The molecule has 28 heavy (non-hydrogen) atoms. The Morgan fingerprint density at radius 1 is 1.18 bits per heavy atom. The van der Waals surface area contributed by atoms with Gasteiger partial charge in [-0.25, -0.2) is 0 Å². The van der Waals surface area contributed by atoms with E-state index < -0.39 is 0 Å². The Morgan fingerprint density at radius 3 is 2.86 bits per heavy atom. The second-order valence-corrected chi connectivity index (χ2v) is 6.35. The van der Waals surface area contributed by atoms with E-state index in [1.54, 1.807) is 24.1 Å². The van der Waals surface area contributed by atoms with Crippen LogP contribution in [0, 0.1) is 6.92 Å². The fourth-order valence-corrected chi connectivity index (χ4v) is 2.96. The van der Waals surface area contributed by atoms with Crippen LogP contribution < -0.4 is 10.1 Å². The normalized spacial score (nSPS) is 10.8. The molecule has 0 saturated carbocycles. The summed E-state index contributed by atoms with van der Waals surface area (Å²) in [5, 5.41) is 8.10. The molecule has 0 fully saturated rings. The van der Waals surface area contributed by atoms with E-state index in [9.17, 15) is 4.79 Å². The fourth-order valence-electron chi connectivity index (χ4n) is 2.96. The molecule has 0 aliphatic rings. The summed E-state index contributed by atoms with van der Waals surface area (Å²) in [7, 11) is 1.61. The third kappa shape index (κ3) is 3.68. The quantitative estimate of drug-likeness (QED) is 0.579. The summed E-state index contributed by atoms with van der Waals surface area (Å²) in [5.74, 6) is 0.969. The fraction of sp³-hybridized carbons (Fsp3) is 0.143. The standard InChI is InChI=1S/C21H19N5O2/c1-14-18(11-15-6-7-17(28-2)12-19(15)23-14)21(27)24-20-8-10-26(25-20)13-16-5-3-4-9-22-16/h3-12H,13H2,1-2H3,(H,24,25,27). The van der Waals surface area contributed by atoms with Gasteiger partial charge in [0.15, 0.2) is 5.82 Å². The van der Waals surface area contributed by atoms with E-state index in [1.807, 2.05) is 55.6 Å². The molecule has 7 nitrogen and oxygen atoms in total. The van der Waals surface area contributed by atoms with E-state index in [1.165, 1.54) is 0 Å². The first-order valence-corrected chi connectivity index (χ1v) is 8.82. The molecule has 0 unspecified atom stereocenters. The number of hydrogen-bond acceptors (Lipinski definition) is 5. The lowest BCUT2D eigenvalue weighted by Crippen LogP contribution is -2.15. The van der Waals surface area contributed by atoms with Gasteiger partial charge in [-0.2, -0.15) is 5.10 Å². The molecular weight excluding hydrogens is 354 g/mol. The number of benzene rings is 1. The number of anilines is 1. The number of fused-ring (bicyclic) bond motifs is 1. The lowest BCUT2D eigenvalue weighted by Gasteiger charge is -2.08. The van der Waals surface area contributed by atoms with E-state index >= 15 is 0 Å². The third-order valence-corrected chi connectivity index (χ3v) is 4.39. The summed E-state index contributed by atoms with van der Waals surface area (Å²) in [5.41, 5.74) is 2.84. The maximum absolute atomic E-state index is 12.7. The Hall–Kier alpha value is -3.74. The second-order valence-electron chi connectivity index (χ2n) is 6.35. The van der Waals surface area contributed by atoms with E-state index in [-0.39, 0.29) is 5.91 Å². The Balaban J connectivity index is 1.53. The molecule has 0 spiro atoms. The van der Waals surface area contributed by atoms with Crippen LogP contribution in [0.25, 0.3) is 10.9 Å². The van der Waals surface area contributed by atoms with Gasteiger partial charge in [0.2, 0.25) is 0 Å². The first-order valence-electron chi connectivity index (χ1n) is 8.82. The molecule has 1 N–H and O–H groups in total. The van der Waals surface area contributed by atoms with Crippen LogP contribution in [0.1, 0.15) is 21.7 Å². The number of aryl methyl sites for hydroxylation is 1. The van der Waals surface area contributed by atoms with E-state index in [2.05, 4.69) is 20.4 Å². The zero-order chi connectivity index (χ0) is 19.5. The van der Waals surface area contributed by atoms with E-state index in [0.29, 0.717) is 23.6 Å². The molecule has 1 aromatic carbocycles. The maximum atomic E-state index is 12.7. The minimum Gasteiger partial charge on any atom is -0.497 e. The number of hydrogen-bond donors (Lipinski definition) is 1. The average Bonchev–Trinajstić information content (AvgIpc) is 3.14. The average molecular weight is 373 g/mol. The van der Waals surface area contributed by atoms with Crippen molar-refractivity contribution >= 4 is 22.6 Å². The van der Waals surface area contributed by atoms with Gasteiger partial charge in [0, 0.05) is 29.9 Å². The van der Waals surface area contributed by atoms with Gasteiger partial charge in [0.1, 0.15) is 5.75 Å². The van der Waals surface area contributed by atoms with E-state index in [0.717, 1.165) is 22.3 Å². The molecular formula is C21H19N5O2. The Labute approximate surface area is 162 Å². The zero-order valence-electron chi connectivity index (χ0n) is 15.6. The van der Waals surface area contributed by atoms with Crippen molar-refractivity contribution in [1.29, 1.82) is 0 Å². The van der Waals surface area contributed by atoms with Crippen LogP contribution >= 0.6 is 0 Å². The number of pyridine rings is 2. The molecule has 0 aliphatic carbocycles. The summed E-state index contributed by atoms with van der Waals surface area (Å²) >= 11 is 0. The van der Waals surface area contributed by atoms with Crippen LogP contribution in [0.3, 0.4) is 0 Å². The van der Waals surface area contributed by atoms with Crippen LogP contribution in [0.2, 0.25) is 0 Å². The highest BCUT2D eigenvalue weighted by atomic mass is 16.5. The summed E-state index contributed by atoms with van der Waals surface area (Å²) in [6, 6.07) is 14.9. The predicted molar refractivity (Wildman–Crippen MR) is 107 cm³/mol. The molecule has 0 radical (unpaired) electrons. The number of carbonyl (C=O) groups excluding carboxylic acids is 1. The summed E-state index contributed by atoms with van der Waals surface area (Å²) in [6.45, 7) is 2.35. The van der Waals surface area contributed by atoms with E-state index in [4.69, 9.17) is 4.74 Å². The van der Waals surface area contributed by atoms with Crippen molar-refractivity contribution in [3.05, 3.63) is 77.9 Å². The number of nitrogens with zero attached hydrogens (tertiary/aromatic N) is 4. The van der Waals surface area contributed by atoms with Crippen LogP contribution in [-0.2, 0) is 6.54 Å². The number of carbonyl (C=O) groups is 1. The largest absolute Gasteiger partial charge is 0.497 e.